The van der Waals surface area contributed by atoms with E-state index in [1.165, 1.54) is 0 Å². The minimum absolute atomic E-state index is 0.264. The summed E-state index contributed by atoms with van der Waals surface area (Å²) in [5.74, 6) is -1.31. The molecule has 7 rings (SSSR count). The molecule has 0 saturated heterocycles. The molecule has 15 nitrogen and oxygen atoms in total. The summed E-state index contributed by atoms with van der Waals surface area (Å²) in [6.07, 6.45) is 5.70. The topological polar surface area (TPSA) is 210 Å². The van der Waals surface area contributed by atoms with E-state index in [-0.39, 0.29) is 54.0 Å². The van der Waals surface area contributed by atoms with Gasteiger partial charge in [-0.25, -0.2) is 9.97 Å². The largest absolute Gasteiger partial charge is 0.366 e. The molecular weight excluding hydrogens is 650 g/mol. The number of anilines is 2. The first kappa shape index (κ1) is 33.4. The summed E-state index contributed by atoms with van der Waals surface area (Å²) >= 11 is 0. The first-order valence-corrected chi connectivity index (χ1v) is 17.1. The number of primary amides is 2. The number of nitrogens with two attached hydrogens (primary N) is 2. The van der Waals surface area contributed by atoms with Crippen LogP contribution in [0.1, 0.15) is 82.0 Å². The first-order chi connectivity index (χ1) is 24.5. The molecule has 15 heteroatoms. The van der Waals surface area contributed by atoms with Crippen molar-refractivity contribution in [2.24, 2.45) is 16.5 Å². The third-order valence-corrected chi connectivity index (χ3v) is 9.58. The Hall–Kier alpha value is -6.12. The van der Waals surface area contributed by atoms with Crippen molar-refractivity contribution in [3.8, 4) is 0 Å². The molecule has 5 heterocycles. The number of nitrogens with zero attached hydrogens (tertiary/aromatic N) is 7. The van der Waals surface area contributed by atoms with E-state index in [2.05, 4.69) is 15.7 Å². The number of fused-ring (bicyclic) bond motifs is 8. The van der Waals surface area contributed by atoms with E-state index >= 15 is 0 Å². The lowest BCUT2D eigenvalue weighted by Gasteiger charge is -2.15. The third-order valence-electron chi connectivity index (χ3n) is 9.58. The molecule has 2 aliphatic heterocycles. The SMILES string of the molecule is CCn1nc(C)c2c1C(=O)Nc1nc3cc(C(N)=O)ccc3n1CCn1c(nc3cc(C(N)=O)ccc31)NC(=O)C1=CC(C)=NC1CCCCC2. The second-order valence-electron chi connectivity index (χ2n) is 12.9. The molecule has 262 valence electrons. The zero-order valence-electron chi connectivity index (χ0n) is 28.7. The summed E-state index contributed by atoms with van der Waals surface area (Å²) in [4.78, 5) is 66.3. The van der Waals surface area contributed by atoms with Gasteiger partial charge in [0.05, 0.1) is 33.8 Å². The number of aryl methyl sites for hydroxylation is 4. The van der Waals surface area contributed by atoms with Crippen LogP contribution < -0.4 is 22.1 Å². The number of amides is 4. The standard InChI is InChI=1S/C36H39N11O4/c1-4-47-30-23(20(3)44-47)8-6-5-7-9-25-24(16-19(2)39-25)33(50)42-35-40-26-17-21(31(37)48)10-12-28(26)45(35)14-15-46-29-13-11-22(32(38)49)18-27(29)41-36(46)43-34(30)51/h10-13,16-18,25H,4-9,14-15H2,1-3H3,(H2,37,48)(H2,38,49)(H,40,42,50)(H,41,43,51). The number of benzene rings is 2. The predicted octanol–water partition coefficient (Wildman–Crippen LogP) is 3.89. The number of rotatable bonds is 3. The lowest BCUT2D eigenvalue weighted by atomic mass is 9.99. The maximum absolute atomic E-state index is 14.1. The fourth-order valence-electron chi connectivity index (χ4n) is 7.07. The highest BCUT2D eigenvalue weighted by Crippen LogP contribution is 2.28. The normalized spacial score (nSPS) is 17.2. The summed E-state index contributed by atoms with van der Waals surface area (Å²) in [6, 6.07) is 9.60. The molecule has 51 heavy (non-hydrogen) atoms. The van der Waals surface area contributed by atoms with E-state index in [1.807, 2.05) is 36.0 Å². The van der Waals surface area contributed by atoms with Crippen LogP contribution in [0.3, 0.4) is 0 Å². The Kier molecular flexibility index (Phi) is 8.71. The van der Waals surface area contributed by atoms with Gasteiger partial charge in [0.1, 0.15) is 5.69 Å². The second kappa shape index (κ2) is 13.3. The number of hydrogen-bond acceptors (Lipinski definition) is 8. The average molecular weight is 690 g/mol. The number of aliphatic imine (C=N–C) groups is 1. The molecule has 4 amide bonds. The van der Waals surface area contributed by atoms with Crippen molar-refractivity contribution in [1.82, 2.24) is 28.9 Å². The van der Waals surface area contributed by atoms with Crippen LogP contribution >= 0.6 is 0 Å². The van der Waals surface area contributed by atoms with Gasteiger partial charge in [-0.15, -0.1) is 0 Å². The van der Waals surface area contributed by atoms with Gasteiger partial charge < -0.3 is 20.6 Å². The lowest BCUT2D eigenvalue weighted by molar-refractivity contribution is -0.113. The molecule has 0 saturated carbocycles. The number of carbonyl (C=O) groups excluding carboxylic acids is 4. The number of carbonyl (C=O) groups is 4. The van der Waals surface area contributed by atoms with Crippen LogP contribution in [0, 0.1) is 6.92 Å². The number of nitrogens with one attached hydrogen (secondary N) is 2. The van der Waals surface area contributed by atoms with Gasteiger partial charge in [-0.1, -0.05) is 12.8 Å². The van der Waals surface area contributed by atoms with E-state index in [1.54, 1.807) is 41.1 Å². The van der Waals surface area contributed by atoms with Gasteiger partial charge in [0, 0.05) is 47.6 Å². The van der Waals surface area contributed by atoms with Crippen LogP contribution in [0.5, 0.6) is 0 Å². The summed E-state index contributed by atoms with van der Waals surface area (Å²) in [6.45, 7) is 6.78. The maximum Gasteiger partial charge on any atom is 0.276 e. The monoisotopic (exact) mass is 689 g/mol. The van der Waals surface area contributed by atoms with E-state index in [9.17, 15) is 19.2 Å². The van der Waals surface area contributed by atoms with Crippen molar-refractivity contribution in [3.05, 3.63) is 76.1 Å². The highest BCUT2D eigenvalue weighted by Gasteiger charge is 2.28. The Labute approximate surface area is 292 Å². The maximum atomic E-state index is 14.1. The number of allylic oxidation sites excluding steroid dienone is 1. The van der Waals surface area contributed by atoms with Gasteiger partial charge in [0.2, 0.25) is 23.7 Å². The Morgan fingerprint density at radius 1 is 0.843 bits per heavy atom. The van der Waals surface area contributed by atoms with Crippen molar-refractivity contribution in [1.29, 1.82) is 0 Å². The summed E-state index contributed by atoms with van der Waals surface area (Å²) < 4.78 is 5.40. The highest BCUT2D eigenvalue weighted by atomic mass is 16.2. The molecule has 0 spiro atoms. The molecule has 0 aliphatic carbocycles. The molecule has 1 atom stereocenters. The fraction of sp³-hybridized carbons (Fsp3) is 0.333. The minimum atomic E-state index is -0.599. The zero-order valence-corrected chi connectivity index (χ0v) is 28.7. The van der Waals surface area contributed by atoms with Gasteiger partial charge >= 0.3 is 0 Å². The molecule has 2 aliphatic rings. The van der Waals surface area contributed by atoms with Gasteiger partial charge in [-0.3, -0.25) is 39.5 Å². The predicted molar refractivity (Wildman–Crippen MR) is 193 cm³/mol. The lowest BCUT2D eigenvalue weighted by Crippen LogP contribution is -2.24. The zero-order chi connectivity index (χ0) is 36.0. The molecule has 0 bridgehead atoms. The number of aromatic nitrogens is 6. The summed E-state index contributed by atoms with van der Waals surface area (Å²) in [5, 5.41) is 10.7. The highest BCUT2D eigenvalue weighted by molar-refractivity contribution is 6.12. The molecule has 1 unspecified atom stereocenters. The summed E-state index contributed by atoms with van der Waals surface area (Å²) in [7, 11) is 0. The number of imidazole rings is 2. The van der Waals surface area contributed by atoms with Crippen molar-refractivity contribution in [3.63, 3.8) is 0 Å². The van der Waals surface area contributed by atoms with E-state index in [4.69, 9.17) is 26.4 Å². The molecule has 2 aromatic carbocycles. The summed E-state index contributed by atoms with van der Waals surface area (Å²) in [5.41, 5.74) is 17.5. The molecule has 0 radical (unpaired) electrons. The van der Waals surface area contributed by atoms with E-state index in [0.717, 1.165) is 36.2 Å². The van der Waals surface area contributed by atoms with Crippen molar-refractivity contribution >= 4 is 63.3 Å². The Bertz CT molecular complexity index is 2320. The molecule has 0 fully saturated rings. The van der Waals surface area contributed by atoms with Crippen LogP contribution in [0.4, 0.5) is 11.9 Å². The molecule has 6 N–H and O–H groups in total. The molecule has 3 aromatic heterocycles. The van der Waals surface area contributed by atoms with Gasteiger partial charge in [0.25, 0.3) is 11.8 Å². The Morgan fingerprint density at radius 3 is 2.00 bits per heavy atom. The van der Waals surface area contributed by atoms with Crippen molar-refractivity contribution < 1.29 is 19.2 Å². The Morgan fingerprint density at radius 2 is 1.43 bits per heavy atom. The van der Waals surface area contributed by atoms with Crippen LogP contribution in [-0.2, 0) is 30.8 Å². The first-order valence-electron chi connectivity index (χ1n) is 17.1. The van der Waals surface area contributed by atoms with E-state index < -0.39 is 11.8 Å². The fourth-order valence-corrected chi connectivity index (χ4v) is 7.07. The average Bonchev–Trinajstić information content (AvgIpc) is 3.83. The van der Waals surface area contributed by atoms with Gasteiger partial charge in [-0.05, 0) is 82.5 Å². The minimum Gasteiger partial charge on any atom is -0.366 e. The van der Waals surface area contributed by atoms with Crippen LogP contribution in [0.2, 0.25) is 0 Å². The molecule has 5 aromatic rings. The second-order valence-corrected chi connectivity index (χ2v) is 12.9. The number of hydrogen-bond donors (Lipinski definition) is 4. The van der Waals surface area contributed by atoms with Crippen LogP contribution in [0.15, 0.2) is 53.0 Å². The van der Waals surface area contributed by atoms with E-state index in [0.29, 0.717) is 52.7 Å². The van der Waals surface area contributed by atoms with Crippen LogP contribution in [0.25, 0.3) is 22.1 Å². The van der Waals surface area contributed by atoms with Crippen molar-refractivity contribution in [2.45, 2.75) is 78.6 Å². The smallest absolute Gasteiger partial charge is 0.276 e. The Balaban J connectivity index is 1.36. The van der Waals surface area contributed by atoms with Crippen molar-refractivity contribution in [2.75, 3.05) is 10.6 Å². The van der Waals surface area contributed by atoms with Gasteiger partial charge in [0.15, 0.2) is 0 Å². The van der Waals surface area contributed by atoms with Gasteiger partial charge in [-0.2, -0.15) is 5.10 Å². The molecular formula is C36H39N11O4. The quantitative estimate of drug-likeness (QED) is 0.219. The third kappa shape index (κ3) is 6.26. The van der Waals surface area contributed by atoms with Crippen LogP contribution in [-0.4, -0.2) is 64.3 Å².